The van der Waals surface area contributed by atoms with E-state index in [0.717, 1.165) is 42.8 Å². The topological polar surface area (TPSA) is 75.4 Å². The van der Waals surface area contributed by atoms with Crippen LogP contribution in [0.3, 0.4) is 0 Å². The van der Waals surface area contributed by atoms with Crippen LogP contribution >= 0.6 is 11.3 Å². The van der Waals surface area contributed by atoms with Gasteiger partial charge in [0.25, 0.3) is 5.91 Å². The number of hydrogen-bond acceptors (Lipinski definition) is 4. The number of rotatable bonds is 5. The van der Waals surface area contributed by atoms with Gasteiger partial charge in [-0.1, -0.05) is 6.92 Å². The molecule has 1 aromatic rings. The molecule has 0 aromatic carbocycles. The molecule has 0 bridgehead atoms. The van der Waals surface area contributed by atoms with E-state index in [2.05, 4.69) is 5.32 Å². The summed E-state index contributed by atoms with van der Waals surface area (Å²) in [5.41, 5.74) is 6.36. The maximum Gasteiger partial charge on any atom is 0.264 e. The first-order valence-corrected chi connectivity index (χ1v) is 7.87. The predicted octanol–water partition coefficient (Wildman–Crippen LogP) is 0.990. The van der Waals surface area contributed by atoms with Crippen LogP contribution in [0, 0.1) is 0 Å². The molecule has 0 spiro atoms. The van der Waals surface area contributed by atoms with Gasteiger partial charge >= 0.3 is 0 Å². The van der Waals surface area contributed by atoms with Gasteiger partial charge in [-0.05, 0) is 49.4 Å². The van der Waals surface area contributed by atoms with Crippen molar-refractivity contribution in [3.8, 4) is 0 Å². The molecule has 0 saturated carbocycles. The quantitative estimate of drug-likeness (QED) is 0.850. The summed E-state index contributed by atoms with van der Waals surface area (Å²) in [5, 5.41) is 5.20. The second kappa shape index (κ2) is 6.85. The van der Waals surface area contributed by atoms with Gasteiger partial charge in [0.2, 0.25) is 5.91 Å². The fraction of sp³-hybridized carbons (Fsp3) is 0.571. The molecule has 2 rings (SSSR count). The van der Waals surface area contributed by atoms with Crippen LogP contribution in [-0.2, 0) is 11.2 Å². The number of nitrogens with two attached hydrogens (primary N) is 1. The van der Waals surface area contributed by atoms with E-state index in [4.69, 9.17) is 5.73 Å². The number of piperidine rings is 1. The Balaban J connectivity index is 2.21. The van der Waals surface area contributed by atoms with Crippen LogP contribution in [0.5, 0.6) is 0 Å². The molecule has 2 amide bonds. The minimum absolute atomic E-state index is 0.00452. The van der Waals surface area contributed by atoms with E-state index in [1.54, 1.807) is 4.90 Å². The summed E-state index contributed by atoms with van der Waals surface area (Å²) in [7, 11) is 0. The number of thiophene rings is 1. The molecule has 20 heavy (non-hydrogen) atoms. The molecule has 1 fully saturated rings. The van der Waals surface area contributed by atoms with Crippen LogP contribution in [0.4, 0.5) is 0 Å². The maximum atomic E-state index is 12.7. The second-order valence-corrected chi connectivity index (χ2v) is 5.93. The summed E-state index contributed by atoms with van der Waals surface area (Å²) in [6, 6.07) is 2.08. The Hall–Kier alpha value is -1.40. The fourth-order valence-electron chi connectivity index (χ4n) is 2.59. The van der Waals surface area contributed by atoms with Gasteiger partial charge in [-0.25, -0.2) is 0 Å². The Morgan fingerprint density at radius 2 is 2.15 bits per heavy atom. The van der Waals surface area contributed by atoms with Crippen molar-refractivity contribution in [2.45, 2.75) is 32.2 Å². The van der Waals surface area contributed by atoms with Crippen molar-refractivity contribution in [1.82, 2.24) is 10.2 Å². The van der Waals surface area contributed by atoms with E-state index in [1.165, 1.54) is 11.3 Å². The highest BCUT2D eigenvalue weighted by Gasteiger charge is 2.29. The maximum absolute atomic E-state index is 12.7. The minimum Gasteiger partial charge on any atom is -0.368 e. The Kier molecular flexibility index (Phi) is 5.14. The summed E-state index contributed by atoms with van der Waals surface area (Å²) < 4.78 is 0. The summed E-state index contributed by atoms with van der Waals surface area (Å²) in [6.45, 7) is 3.78. The molecule has 0 aliphatic carbocycles. The monoisotopic (exact) mass is 295 g/mol. The Labute approximate surface area is 123 Å². The number of hydrogen-bond donors (Lipinski definition) is 2. The van der Waals surface area contributed by atoms with Gasteiger partial charge < -0.3 is 16.0 Å². The van der Waals surface area contributed by atoms with Crippen molar-refractivity contribution in [3.63, 3.8) is 0 Å². The van der Waals surface area contributed by atoms with E-state index < -0.39 is 5.91 Å². The molecule has 0 atom stereocenters. The van der Waals surface area contributed by atoms with Crippen molar-refractivity contribution < 1.29 is 9.59 Å². The van der Waals surface area contributed by atoms with E-state index in [0.29, 0.717) is 0 Å². The molecule has 0 unspecified atom stereocenters. The largest absolute Gasteiger partial charge is 0.368 e. The number of aryl methyl sites for hydroxylation is 1. The summed E-state index contributed by atoms with van der Waals surface area (Å²) >= 11 is 1.44. The molecule has 1 aliphatic rings. The van der Waals surface area contributed by atoms with Crippen LogP contribution in [0.15, 0.2) is 11.4 Å². The van der Waals surface area contributed by atoms with Crippen molar-refractivity contribution in [1.29, 1.82) is 0 Å². The van der Waals surface area contributed by atoms with Crippen molar-refractivity contribution in [2.75, 3.05) is 19.6 Å². The lowest BCUT2D eigenvalue weighted by molar-refractivity contribution is -0.119. The number of primary amides is 1. The van der Waals surface area contributed by atoms with E-state index in [9.17, 15) is 9.59 Å². The second-order valence-electron chi connectivity index (χ2n) is 5.01. The standard InChI is InChI=1S/C14H21N3O2S/c1-2-10-5-8-20-13(10)14(19)17(9-12(15)18)11-3-6-16-7-4-11/h5,8,11,16H,2-4,6-7,9H2,1H3,(H2,15,18). The molecule has 1 saturated heterocycles. The van der Waals surface area contributed by atoms with Crippen LogP contribution < -0.4 is 11.1 Å². The zero-order valence-electron chi connectivity index (χ0n) is 11.7. The highest BCUT2D eigenvalue weighted by atomic mass is 32.1. The van der Waals surface area contributed by atoms with Gasteiger partial charge in [0, 0.05) is 6.04 Å². The Morgan fingerprint density at radius 3 is 2.75 bits per heavy atom. The molecule has 110 valence electrons. The third-order valence-electron chi connectivity index (χ3n) is 3.66. The number of carbonyl (C=O) groups is 2. The number of carbonyl (C=O) groups excluding carboxylic acids is 2. The lowest BCUT2D eigenvalue weighted by Crippen LogP contribution is -2.49. The third kappa shape index (κ3) is 3.37. The predicted molar refractivity (Wildman–Crippen MR) is 79.8 cm³/mol. The van der Waals surface area contributed by atoms with Gasteiger partial charge in [-0.3, -0.25) is 9.59 Å². The minimum atomic E-state index is -0.452. The first-order valence-electron chi connectivity index (χ1n) is 6.99. The molecular weight excluding hydrogens is 274 g/mol. The van der Waals surface area contributed by atoms with E-state index in [-0.39, 0.29) is 18.5 Å². The van der Waals surface area contributed by atoms with Gasteiger partial charge in [-0.15, -0.1) is 11.3 Å². The van der Waals surface area contributed by atoms with Crippen LogP contribution in [0.25, 0.3) is 0 Å². The Morgan fingerprint density at radius 1 is 1.45 bits per heavy atom. The average molecular weight is 295 g/mol. The van der Waals surface area contributed by atoms with Crippen LogP contribution in [-0.4, -0.2) is 42.4 Å². The number of nitrogens with one attached hydrogen (secondary N) is 1. The molecule has 6 heteroatoms. The van der Waals surface area contributed by atoms with Gasteiger partial charge in [0.1, 0.15) is 0 Å². The average Bonchev–Trinajstić information content (AvgIpc) is 2.93. The van der Waals surface area contributed by atoms with Gasteiger partial charge in [0.15, 0.2) is 0 Å². The van der Waals surface area contributed by atoms with Crippen LogP contribution in [0.1, 0.15) is 35.0 Å². The normalized spacial score (nSPS) is 16.1. The first kappa shape index (κ1) is 15.0. The third-order valence-corrected chi connectivity index (χ3v) is 4.60. The number of amides is 2. The zero-order chi connectivity index (χ0) is 14.5. The zero-order valence-corrected chi connectivity index (χ0v) is 12.5. The summed E-state index contributed by atoms with van der Waals surface area (Å²) in [5.74, 6) is -0.506. The van der Waals surface area contributed by atoms with E-state index >= 15 is 0 Å². The van der Waals surface area contributed by atoms with E-state index in [1.807, 2.05) is 18.4 Å². The molecule has 5 nitrogen and oxygen atoms in total. The smallest absolute Gasteiger partial charge is 0.264 e. The summed E-state index contributed by atoms with van der Waals surface area (Å²) in [6.07, 6.45) is 2.55. The molecule has 1 aliphatic heterocycles. The van der Waals surface area contributed by atoms with Crippen molar-refractivity contribution in [3.05, 3.63) is 21.9 Å². The van der Waals surface area contributed by atoms with Gasteiger partial charge in [0.05, 0.1) is 11.4 Å². The fourth-order valence-corrected chi connectivity index (χ4v) is 3.54. The van der Waals surface area contributed by atoms with Crippen molar-refractivity contribution in [2.24, 2.45) is 5.73 Å². The first-order chi connectivity index (χ1) is 9.63. The molecular formula is C14H21N3O2S. The van der Waals surface area contributed by atoms with Crippen LogP contribution in [0.2, 0.25) is 0 Å². The Bertz CT molecular complexity index is 481. The lowest BCUT2D eigenvalue weighted by Gasteiger charge is -2.33. The van der Waals surface area contributed by atoms with Crippen molar-refractivity contribution >= 4 is 23.2 Å². The SMILES string of the molecule is CCc1ccsc1C(=O)N(CC(N)=O)C1CCNCC1. The highest BCUT2D eigenvalue weighted by Crippen LogP contribution is 2.22. The number of nitrogens with zero attached hydrogens (tertiary/aromatic N) is 1. The van der Waals surface area contributed by atoms with Gasteiger partial charge in [-0.2, -0.15) is 0 Å². The molecule has 2 heterocycles. The highest BCUT2D eigenvalue weighted by molar-refractivity contribution is 7.12. The molecule has 1 aromatic heterocycles. The summed E-state index contributed by atoms with van der Waals surface area (Å²) in [4.78, 5) is 26.4. The lowest BCUT2D eigenvalue weighted by atomic mass is 10.0. The molecule has 0 radical (unpaired) electrons. The molecule has 3 N–H and O–H groups in total.